The molecule has 88 valence electrons. The highest BCUT2D eigenvalue weighted by Crippen LogP contribution is 2.21. The highest BCUT2D eigenvalue weighted by molar-refractivity contribution is 6.33. The Morgan fingerprint density at radius 1 is 1.38 bits per heavy atom. The van der Waals surface area contributed by atoms with Crippen LogP contribution >= 0.6 is 23.2 Å². The van der Waals surface area contributed by atoms with Gasteiger partial charge in [-0.2, -0.15) is 0 Å². The second kappa shape index (κ2) is 6.24. The first-order valence-electron chi connectivity index (χ1n) is 5.18. The molecule has 16 heavy (non-hydrogen) atoms. The number of halogens is 2. The lowest BCUT2D eigenvalue weighted by Gasteiger charge is -2.08. The molecule has 0 atom stereocenters. The molecule has 4 heteroatoms. The zero-order valence-corrected chi connectivity index (χ0v) is 10.9. The van der Waals surface area contributed by atoms with Gasteiger partial charge in [0, 0.05) is 22.5 Å². The van der Waals surface area contributed by atoms with Gasteiger partial charge in [-0.15, -0.1) is 0 Å². The summed E-state index contributed by atoms with van der Waals surface area (Å²) in [6, 6.07) is 5.46. The van der Waals surface area contributed by atoms with Gasteiger partial charge < -0.3 is 5.32 Å². The molecule has 0 aromatic heterocycles. The molecule has 2 nitrogen and oxygen atoms in total. The molecular formula is C12H15Cl2NO. The maximum absolute atomic E-state index is 11.6. The quantitative estimate of drug-likeness (QED) is 0.881. The Bertz CT molecular complexity index is 377. The van der Waals surface area contributed by atoms with Crippen LogP contribution in [0.1, 0.15) is 19.4 Å². The monoisotopic (exact) mass is 259 g/mol. The van der Waals surface area contributed by atoms with Crippen molar-refractivity contribution in [3.05, 3.63) is 33.8 Å². The van der Waals surface area contributed by atoms with E-state index in [1.807, 2.05) is 13.8 Å². The van der Waals surface area contributed by atoms with Gasteiger partial charge >= 0.3 is 0 Å². The summed E-state index contributed by atoms with van der Waals surface area (Å²) in [5.74, 6) is 0.109. The van der Waals surface area contributed by atoms with Crippen molar-refractivity contribution in [1.29, 1.82) is 0 Å². The molecule has 0 aliphatic rings. The molecule has 0 radical (unpaired) electrons. The van der Waals surface area contributed by atoms with Crippen molar-refractivity contribution in [2.75, 3.05) is 6.54 Å². The average molecular weight is 260 g/mol. The smallest absolute Gasteiger partial charge is 0.151 e. The van der Waals surface area contributed by atoms with E-state index in [2.05, 4.69) is 5.32 Å². The average Bonchev–Trinajstić information content (AvgIpc) is 2.20. The van der Waals surface area contributed by atoms with Crippen LogP contribution < -0.4 is 5.32 Å². The number of hydrogen-bond acceptors (Lipinski definition) is 2. The number of ketones is 1. The topological polar surface area (TPSA) is 29.1 Å². The van der Waals surface area contributed by atoms with Gasteiger partial charge in [-0.1, -0.05) is 37.0 Å². The largest absolute Gasteiger partial charge is 0.308 e. The van der Waals surface area contributed by atoms with Gasteiger partial charge in [-0.25, -0.2) is 0 Å². The molecule has 0 unspecified atom stereocenters. The molecule has 1 aromatic rings. The zero-order chi connectivity index (χ0) is 12.1. The van der Waals surface area contributed by atoms with E-state index in [0.717, 1.165) is 5.56 Å². The minimum Gasteiger partial charge on any atom is -0.308 e. The molecule has 0 heterocycles. The molecule has 0 aliphatic heterocycles. The second-order valence-corrected chi connectivity index (χ2v) is 4.83. The molecule has 0 amide bonds. The van der Waals surface area contributed by atoms with Gasteiger partial charge in [-0.3, -0.25) is 4.79 Å². The van der Waals surface area contributed by atoms with Crippen molar-refractivity contribution in [2.24, 2.45) is 0 Å². The van der Waals surface area contributed by atoms with E-state index in [1.165, 1.54) is 0 Å². The lowest BCUT2D eigenvalue weighted by Crippen LogP contribution is -2.30. The molecule has 0 saturated heterocycles. The van der Waals surface area contributed by atoms with Crippen molar-refractivity contribution in [3.63, 3.8) is 0 Å². The van der Waals surface area contributed by atoms with Gasteiger partial charge in [0.1, 0.15) is 0 Å². The number of benzene rings is 1. The highest BCUT2D eigenvalue weighted by atomic mass is 35.5. The standard InChI is InChI=1S/C12H15Cl2NO/c1-8(2)15-7-11(16)6-9-5-10(13)3-4-12(9)14/h3-5,8,15H,6-7H2,1-2H3. The Kier molecular flexibility index (Phi) is 5.26. The van der Waals surface area contributed by atoms with E-state index < -0.39 is 0 Å². The van der Waals surface area contributed by atoms with E-state index in [9.17, 15) is 4.79 Å². The lowest BCUT2D eigenvalue weighted by atomic mass is 10.1. The van der Waals surface area contributed by atoms with Gasteiger partial charge in [0.25, 0.3) is 0 Å². The Morgan fingerprint density at radius 3 is 2.69 bits per heavy atom. The van der Waals surface area contributed by atoms with Crippen molar-refractivity contribution in [3.8, 4) is 0 Å². The zero-order valence-electron chi connectivity index (χ0n) is 9.39. The summed E-state index contributed by atoms with van der Waals surface area (Å²) in [5, 5.41) is 4.26. The summed E-state index contributed by atoms with van der Waals surface area (Å²) in [6.45, 7) is 4.36. The summed E-state index contributed by atoms with van der Waals surface area (Å²) < 4.78 is 0. The Balaban J connectivity index is 2.59. The van der Waals surface area contributed by atoms with Gasteiger partial charge in [-0.05, 0) is 23.8 Å². The van der Waals surface area contributed by atoms with E-state index in [1.54, 1.807) is 18.2 Å². The van der Waals surface area contributed by atoms with Crippen molar-refractivity contribution < 1.29 is 4.79 Å². The molecule has 0 bridgehead atoms. The summed E-state index contributed by atoms with van der Waals surface area (Å²) in [6.07, 6.45) is 0.319. The summed E-state index contributed by atoms with van der Waals surface area (Å²) in [4.78, 5) is 11.6. The van der Waals surface area contributed by atoms with Crippen molar-refractivity contribution in [1.82, 2.24) is 5.32 Å². The van der Waals surface area contributed by atoms with Crippen LogP contribution in [0.4, 0.5) is 0 Å². The molecule has 0 spiro atoms. The molecule has 0 saturated carbocycles. The van der Waals surface area contributed by atoms with Crippen LogP contribution in [0, 0.1) is 0 Å². The second-order valence-electron chi connectivity index (χ2n) is 3.99. The third-order valence-electron chi connectivity index (χ3n) is 2.10. The fourth-order valence-electron chi connectivity index (χ4n) is 1.27. The number of carbonyl (C=O) groups is 1. The summed E-state index contributed by atoms with van der Waals surface area (Å²) in [5.41, 5.74) is 0.782. The Morgan fingerprint density at radius 2 is 2.06 bits per heavy atom. The van der Waals surface area contributed by atoms with Crippen LogP contribution in [0.15, 0.2) is 18.2 Å². The molecular weight excluding hydrogens is 245 g/mol. The van der Waals surface area contributed by atoms with Crippen molar-refractivity contribution >= 4 is 29.0 Å². The van der Waals surface area contributed by atoms with Gasteiger partial charge in [0.2, 0.25) is 0 Å². The first-order chi connectivity index (χ1) is 7.49. The van der Waals surface area contributed by atoms with E-state index in [0.29, 0.717) is 29.1 Å². The first-order valence-corrected chi connectivity index (χ1v) is 5.93. The van der Waals surface area contributed by atoms with E-state index in [4.69, 9.17) is 23.2 Å². The molecule has 0 fully saturated rings. The van der Waals surface area contributed by atoms with Crippen molar-refractivity contribution in [2.45, 2.75) is 26.3 Å². The summed E-state index contributed by atoms with van der Waals surface area (Å²) in [7, 11) is 0. The SMILES string of the molecule is CC(C)NCC(=O)Cc1cc(Cl)ccc1Cl. The third kappa shape index (κ3) is 4.52. The maximum Gasteiger partial charge on any atom is 0.151 e. The van der Waals surface area contributed by atoms with Gasteiger partial charge in [0.15, 0.2) is 5.78 Å². The number of Topliss-reactive ketones (excluding diaryl/α,β-unsaturated/α-hetero) is 1. The van der Waals surface area contributed by atoms with E-state index in [-0.39, 0.29) is 5.78 Å². The van der Waals surface area contributed by atoms with Gasteiger partial charge in [0.05, 0.1) is 6.54 Å². The molecule has 0 aliphatic carbocycles. The van der Waals surface area contributed by atoms with Crippen LogP contribution in [-0.4, -0.2) is 18.4 Å². The van der Waals surface area contributed by atoms with Crippen LogP contribution in [0.2, 0.25) is 10.0 Å². The molecule has 1 N–H and O–H groups in total. The number of hydrogen-bond donors (Lipinski definition) is 1. The third-order valence-corrected chi connectivity index (χ3v) is 2.71. The number of nitrogens with one attached hydrogen (secondary N) is 1. The first kappa shape index (κ1) is 13.5. The normalized spacial score (nSPS) is 10.8. The Hall–Kier alpha value is -0.570. The fraction of sp³-hybridized carbons (Fsp3) is 0.417. The lowest BCUT2D eigenvalue weighted by molar-refractivity contribution is -0.117. The van der Waals surface area contributed by atoms with Crippen LogP contribution in [-0.2, 0) is 11.2 Å². The molecule has 1 rings (SSSR count). The minimum absolute atomic E-state index is 0.109. The Labute approximate surface area is 106 Å². The van der Waals surface area contributed by atoms with Crippen LogP contribution in [0.25, 0.3) is 0 Å². The maximum atomic E-state index is 11.6. The van der Waals surface area contributed by atoms with Crippen LogP contribution in [0.3, 0.4) is 0 Å². The number of rotatable bonds is 5. The number of carbonyl (C=O) groups excluding carboxylic acids is 1. The van der Waals surface area contributed by atoms with Crippen LogP contribution in [0.5, 0.6) is 0 Å². The molecule has 1 aromatic carbocycles. The van der Waals surface area contributed by atoms with E-state index >= 15 is 0 Å². The fourth-order valence-corrected chi connectivity index (χ4v) is 1.65. The minimum atomic E-state index is 0.109. The summed E-state index contributed by atoms with van der Waals surface area (Å²) >= 11 is 11.8. The predicted molar refractivity (Wildman–Crippen MR) is 68.3 cm³/mol. The predicted octanol–water partition coefficient (Wildman–Crippen LogP) is 3.10. The highest BCUT2D eigenvalue weighted by Gasteiger charge is 2.08.